The Kier molecular flexibility index (Phi) is 6.09. The highest BCUT2D eigenvalue weighted by molar-refractivity contribution is 7.15. The van der Waals surface area contributed by atoms with Crippen LogP contribution in [0.4, 0.5) is 5.82 Å². The summed E-state index contributed by atoms with van der Waals surface area (Å²) in [4.78, 5) is 7.08. The Morgan fingerprint density at radius 2 is 1.64 bits per heavy atom. The first kappa shape index (κ1) is 17.9. The Morgan fingerprint density at radius 1 is 1.00 bits per heavy atom. The van der Waals surface area contributed by atoms with Crippen molar-refractivity contribution in [3.63, 3.8) is 0 Å². The molecule has 0 bridgehead atoms. The van der Waals surface area contributed by atoms with Gasteiger partial charge in [-0.1, -0.05) is 38.5 Å². The molecule has 0 aromatic carbocycles. The maximum atomic E-state index is 9.71. The van der Waals surface area contributed by atoms with Gasteiger partial charge < -0.3 is 5.73 Å². The van der Waals surface area contributed by atoms with Crippen molar-refractivity contribution in [2.24, 2.45) is 0 Å². The largest absolute Gasteiger partial charge is 0.383 e. The van der Waals surface area contributed by atoms with Crippen LogP contribution in [-0.2, 0) is 12.8 Å². The molecule has 0 unspecified atom stereocenters. The summed E-state index contributed by atoms with van der Waals surface area (Å²) in [5.74, 6) is 0.398. The fourth-order valence-electron chi connectivity index (χ4n) is 3.78. The van der Waals surface area contributed by atoms with Crippen molar-refractivity contribution in [1.82, 2.24) is 4.98 Å². The second-order valence-corrected chi connectivity index (χ2v) is 8.31. The van der Waals surface area contributed by atoms with Gasteiger partial charge in [-0.15, -0.1) is 11.3 Å². The van der Waals surface area contributed by atoms with Crippen LogP contribution in [0.15, 0.2) is 12.1 Å². The molecule has 1 aliphatic rings. The highest BCUT2D eigenvalue weighted by Gasteiger charge is 2.20. The molecule has 3 rings (SSSR count). The Bertz CT molecular complexity index is 770. The zero-order valence-corrected chi connectivity index (χ0v) is 15.9. The van der Waals surface area contributed by atoms with E-state index in [4.69, 9.17) is 5.73 Å². The summed E-state index contributed by atoms with van der Waals surface area (Å²) in [5, 5.41) is 9.71. The van der Waals surface area contributed by atoms with E-state index in [1.54, 1.807) is 11.3 Å². The SMILES string of the molecule is Cc1ccc(-c2c(C#N)c(N)nc3c2CCCCCCCCCC3)s1. The van der Waals surface area contributed by atoms with Gasteiger partial charge in [-0.25, -0.2) is 4.98 Å². The first-order valence-electron chi connectivity index (χ1n) is 9.49. The third kappa shape index (κ3) is 4.22. The lowest BCUT2D eigenvalue weighted by Gasteiger charge is -2.17. The number of hydrogen-bond donors (Lipinski definition) is 1. The number of nitrogens with zero attached hydrogens (tertiary/aromatic N) is 2. The molecule has 0 saturated carbocycles. The number of hydrogen-bond acceptors (Lipinski definition) is 4. The predicted molar refractivity (Wildman–Crippen MR) is 106 cm³/mol. The molecule has 4 heteroatoms. The van der Waals surface area contributed by atoms with Crippen LogP contribution in [0.2, 0.25) is 0 Å². The van der Waals surface area contributed by atoms with E-state index in [-0.39, 0.29) is 0 Å². The molecule has 0 radical (unpaired) electrons. The molecular formula is C21H27N3S. The Labute approximate surface area is 154 Å². The van der Waals surface area contributed by atoms with Gasteiger partial charge in [0.25, 0.3) is 0 Å². The number of anilines is 1. The van der Waals surface area contributed by atoms with Gasteiger partial charge in [-0.05, 0) is 50.3 Å². The minimum absolute atomic E-state index is 0.398. The van der Waals surface area contributed by atoms with Gasteiger partial charge in [0.15, 0.2) is 0 Å². The number of aryl methyl sites for hydroxylation is 2. The zero-order chi connectivity index (χ0) is 17.6. The predicted octanol–water partition coefficient (Wildman–Crippen LogP) is 5.79. The van der Waals surface area contributed by atoms with Crippen LogP contribution in [0.25, 0.3) is 10.4 Å². The van der Waals surface area contributed by atoms with Gasteiger partial charge in [0.1, 0.15) is 17.5 Å². The molecule has 2 heterocycles. The van der Waals surface area contributed by atoms with E-state index in [9.17, 15) is 5.26 Å². The van der Waals surface area contributed by atoms with Gasteiger partial charge in [0.2, 0.25) is 0 Å². The summed E-state index contributed by atoms with van der Waals surface area (Å²) in [7, 11) is 0. The molecule has 0 spiro atoms. The average Bonchev–Trinajstić information content (AvgIpc) is 3.01. The van der Waals surface area contributed by atoms with Crippen LogP contribution in [0.3, 0.4) is 0 Å². The number of nitrogen functional groups attached to an aromatic ring is 1. The lowest BCUT2D eigenvalue weighted by molar-refractivity contribution is 0.557. The van der Waals surface area contributed by atoms with Crippen molar-refractivity contribution in [3.05, 3.63) is 33.8 Å². The van der Waals surface area contributed by atoms with E-state index in [0.29, 0.717) is 11.4 Å². The number of nitrogens with two attached hydrogens (primary N) is 1. The zero-order valence-electron chi connectivity index (χ0n) is 15.1. The van der Waals surface area contributed by atoms with Gasteiger partial charge in [-0.2, -0.15) is 5.26 Å². The van der Waals surface area contributed by atoms with Crippen molar-refractivity contribution < 1.29 is 0 Å². The smallest absolute Gasteiger partial charge is 0.142 e. The Balaban J connectivity index is 2.09. The van der Waals surface area contributed by atoms with Crippen LogP contribution in [0.1, 0.15) is 73.1 Å². The second-order valence-electron chi connectivity index (χ2n) is 7.02. The molecule has 1 aliphatic carbocycles. The molecule has 132 valence electrons. The van der Waals surface area contributed by atoms with Gasteiger partial charge >= 0.3 is 0 Å². The van der Waals surface area contributed by atoms with Crippen molar-refractivity contribution in [2.45, 2.75) is 71.1 Å². The third-order valence-electron chi connectivity index (χ3n) is 5.10. The van der Waals surface area contributed by atoms with E-state index < -0.39 is 0 Å². The average molecular weight is 354 g/mol. The molecule has 0 atom stereocenters. The lowest BCUT2D eigenvalue weighted by Crippen LogP contribution is -2.08. The van der Waals surface area contributed by atoms with E-state index in [2.05, 4.69) is 30.1 Å². The standard InChI is InChI=1S/C21H27N3S/c1-15-12-13-19(25-15)20-16-10-8-6-4-2-3-5-7-9-11-18(16)24-21(23)17(20)14-22/h12-13H,2-11H2,1H3,(H2,23,24). The summed E-state index contributed by atoms with van der Waals surface area (Å²) in [6, 6.07) is 6.58. The molecule has 3 nitrogen and oxygen atoms in total. The maximum absolute atomic E-state index is 9.71. The maximum Gasteiger partial charge on any atom is 0.142 e. The number of thiophene rings is 1. The van der Waals surface area contributed by atoms with Crippen LogP contribution in [-0.4, -0.2) is 4.98 Å². The normalized spacial score (nSPS) is 16.3. The summed E-state index contributed by atoms with van der Waals surface area (Å²) >= 11 is 1.75. The van der Waals surface area contributed by atoms with Crippen molar-refractivity contribution in [3.8, 4) is 16.5 Å². The monoisotopic (exact) mass is 353 g/mol. The second kappa shape index (κ2) is 8.49. The fourth-order valence-corrected chi connectivity index (χ4v) is 4.72. The molecule has 2 N–H and O–H groups in total. The van der Waals surface area contributed by atoms with E-state index in [1.165, 1.54) is 55.4 Å². The first-order chi connectivity index (χ1) is 12.2. The highest BCUT2D eigenvalue weighted by atomic mass is 32.1. The quantitative estimate of drug-likeness (QED) is 0.705. The van der Waals surface area contributed by atoms with Crippen molar-refractivity contribution in [2.75, 3.05) is 5.73 Å². The highest BCUT2D eigenvalue weighted by Crippen LogP contribution is 2.37. The number of nitriles is 1. The Hall–Kier alpha value is -1.86. The van der Waals surface area contributed by atoms with E-state index in [1.807, 2.05) is 0 Å². The molecule has 0 amide bonds. The van der Waals surface area contributed by atoms with E-state index in [0.717, 1.165) is 35.4 Å². The fraction of sp³-hybridized carbons (Fsp3) is 0.524. The number of fused-ring (bicyclic) bond motifs is 1. The van der Waals surface area contributed by atoms with Gasteiger partial charge in [0, 0.05) is 21.0 Å². The summed E-state index contributed by atoms with van der Waals surface area (Å²) in [6.45, 7) is 2.11. The van der Waals surface area contributed by atoms with Crippen LogP contribution >= 0.6 is 11.3 Å². The molecule has 0 fully saturated rings. The lowest BCUT2D eigenvalue weighted by atomic mass is 9.92. The molecule has 2 aromatic heterocycles. The number of rotatable bonds is 1. The van der Waals surface area contributed by atoms with Gasteiger partial charge in [0.05, 0.1) is 0 Å². The molecular weight excluding hydrogens is 326 g/mol. The Morgan fingerprint density at radius 3 is 2.24 bits per heavy atom. The minimum atomic E-state index is 0.398. The molecule has 0 aliphatic heterocycles. The third-order valence-corrected chi connectivity index (χ3v) is 6.12. The molecule has 2 aromatic rings. The topological polar surface area (TPSA) is 62.7 Å². The van der Waals surface area contributed by atoms with Crippen molar-refractivity contribution in [1.29, 1.82) is 5.26 Å². The first-order valence-corrected chi connectivity index (χ1v) is 10.3. The van der Waals surface area contributed by atoms with Crippen LogP contribution < -0.4 is 5.73 Å². The van der Waals surface area contributed by atoms with Gasteiger partial charge in [-0.3, -0.25) is 0 Å². The summed E-state index contributed by atoms with van der Waals surface area (Å²) in [6.07, 6.45) is 12.2. The number of pyridine rings is 1. The summed E-state index contributed by atoms with van der Waals surface area (Å²) < 4.78 is 0. The van der Waals surface area contributed by atoms with E-state index >= 15 is 0 Å². The minimum Gasteiger partial charge on any atom is -0.383 e. The van der Waals surface area contributed by atoms with Crippen LogP contribution in [0, 0.1) is 18.3 Å². The van der Waals surface area contributed by atoms with Crippen molar-refractivity contribution >= 4 is 17.2 Å². The molecule has 0 saturated heterocycles. The molecule has 25 heavy (non-hydrogen) atoms. The summed E-state index contributed by atoms with van der Waals surface area (Å²) in [5.41, 5.74) is 10.2. The van der Waals surface area contributed by atoms with Crippen LogP contribution in [0.5, 0.6) is 0 Å². The number of aromatic nitrogens is 1.